The Morgan fingerprint density at radius 2 is 1.77 bits per heavy atom. The number of fused-ring (bicyclic) bond motifs is 1. The van der Waals surface area contributed by atoms with Gasteiger partial charge in [0.25, 0.3) is 0 Å². The molecule has 6 heteroatoms. The summed E-state index contributed by atoms with van der Waals surface area (Å²) in [7, 11) is 3.10. The normalized spacial score (nSPS) is 10.6. The van der Waals surface area contributed by atoms with E-state index in [0.717, 1.165) is 22.8 Å². The number of hydrogen-bond donors (Lipinski definition) is 1. The van der Waals surface area contributed by atoms with Crippen LogP contribution in [0.1, 0.15) is 10.4 Å². The van der Waals surface area contributed by atoms with Crippen molar-refractivity contribution >= 4 is 27.9 Å². The molecule has 0 saturated heterocycles. The lowest BCUT2D eigenvalue weighted by Crippen LogP contribution is -1.97. The Labute approximate surface area is 131 Å². The number of para-hydroxylation sites is 2. The molecule has 0 radical (unpaired) electrons. The molecule has 0 atom stereocenters. The maximum Gasteiger partial charge on any atom is 0.227 e. The smallest absolute Gasteiger partial charge is 0.227 e. The minimum atomic E-state index is -0.128. The van der Waals surface area contributed by atoms with Gasteiger partial charge in [0.1, 0.15) is 11.5 Å². The van der Waals surface area contributed by atoms with Gasteiger partial charge in [0.15, 0.2) is 5.16 Å². The Balaban J connectivity index is 1.87. The van der Waals surface area contributed by atoms with Crippen molar-refractivity contribution in [1.82, 2.24) is 9.97 Å². The number of carbonyl (C=O) groups excluding carboxylic acids is 1. The average Bonchev–Trinajstić information content (AvgIpc) is 2.96. The third-order valence-corrected chi connectivity index (χ3v) is 3.95. The molecule has 0 aliphatic heterocycles. The lowest BCUT2D eigenvalue weighted by molar-refractivity contribution is 0.108. The van der Waals surface area contributed by atoms with Gasteiger partial charge in [0.2, 0.25) is 5.12 Å². The number of nitrogens with one attached hydrogen (secondary N) is 1. The molecule has 0 unspecified atom stereocenters. The van der Waals surface area contributed by atoms with Gasteiger partial charge >= 0.3 is 0 Å². The van der Waals surface area contributed by atoms with Gasteiger partial charge in [0, 0.05) is 11.6 Å². The summed E-state index contributed by atoms with van der Waals surface area (Å²) in [6.45, 7) is 0. The molecule has 0 aliphatic carbocycles. The molecule has 3 aromatic rings. The van der Waals surface area contributed by atoms with Crippen molar-refractivity contribution in [3.05, 3.63) is 48.0 Å². The second-order valence-corrected chi connectivity index (χ2v) is 5.51. The highest BCUT2D eigenvalue weighted by molar-refractivity contribution is 8.14. The van der Waals surface area contributed by atoms with Crippen molar-refractivity contribution < 1.29 is 14.3 Å². The summed E-state index contributed by atoms with van der Waals surface area (Å²) in [5.41, 5.74) is 2.24. The van der Waals surface area contributed by atoms with E-state index in [1.165, 1.54) is 0 Å². The third-order valence-electron chi connectivity index (χ3n) is 3.14. The average molecular weight is 314 g/mol. The van der Waals surface area contributed by atoms with Crippen molar-refractivity contribution in [3.8, 4) is 11.5 Å². The van der Waals surface area contributed by atoms with Crippen LogP contribution in [0.25, 0.3) is 11.0 Å². The highest BCUT2D eigenvalue weighted by atomic mass is 32.2. The number of aromatic amines is 1. The summed E-state index contributed by atoms with van der Waals surface area (Å²) in [5, 5.41) is 0.434. The fraction of sp³-hybridized carbons (Fsp3) is 0.125. The zero-order valence-corrected chi connectivity index (χ0v) is 12.9. The number of thioether (sulfide) groups is 1. The molecule has 1 N–H and O–H groups in total. The Kier molecular flexibility index (Phi) is 4.02. The minimum Gasteiger partial charge on any atom is -0.497 e. The van der Waals surface area contributed by atoms with Crippen molar-refractivity contribution in [2.75, 3.05) is 14.2 Å². The first-order valence-corrected chi connectivity index (χ1v) is 7.41. The van der Waals surface area contributed by atoms with Crippen LogP contribution in [0.2, 0.25) is 0 Å². The number of rotatable bonds is 4. The van der Waals surface area contributed by atoms with Gasteiger partial charge in [-0.25, -0.2) is 4.98 Å². The van der Waals surface area contributed by atoms with E-state index in [9.17, 15) is 4.79 Å². The van der Waals surface area contributed by atoms with E-state index in [1.807, 2.05) is 24.3 Å². The Morgan fingerprint density at radius 3 is 2.41 bits per heavy atom. The molecule has 0 fully saturated rings. The van der Waals surface area contributed by atoms with Gasteiger partial charge in [-0.2, -0.15) is 0 Å². The summed E-state index contributed by atoms with van der Waals surface area (Å²) in [4.78, 5) is 19.9. The summed E-state index contributed by atoms with van der Waals surface area (Å²) in [5.74, 6) is 1.15. The zero-order chi connectivity index (χ0) is 15.5. The molecule has 112 valence electrons. The quantitative estimate of drug-likeness (QED) is 0.747. The van der Waals surface area contributed by atoms with E-state index in [-0.39, 0.29) is 5.12 Å². The largest absolute Gasteiger partial charge is 0.497 e. The van der Waals surface area contributed by atoms with Crippen LogP contribution in [0, 0.1) is 0 Å². The summed E-state index contributed by atoms with van der Waals surface area (Å²) < 4.78 is 10.4. The van der Waals surface area contributed by atoms with Crippen molar-refractivity contribution in [2.24, 2.45) is 0 Å². The predicted octanol–water partition coefficient (Wildman–Crippen LogP) is 3.51. The summed E-state index contributed by atoms with van der Waals surface area (Å²) in [6, 6.07) is 12.7. The lowest BCUT2D eigenvalue weighted by Gasteiger charge is -2.06. The first-order chi connectivity index (χ1) is 10.7. The summed E-state index contributed by atoms with van der Waals surface area (Å²) in [6.07, 6.45) is 0. The maximum absolute atomic E-state index is 12.4. The number of hydrogen-bond acceptors (Lipinski definition) is 5. The van der Waals surface area contributed by atoms with Crippen LogP contribution >= 0.6 is 11.8 Å². The molecule has 1 aromatic heterocycles. The molecule has 5 nitrogen and oxygen atoms in total. The lowest BCUT2D eigenvalue weighted by atomic mass is 10.2. The predicted molar refractivity (Wildman–Crippen MR) is 85.8 cm³/mol. The molecule has 0 amide bonds. The monoisotopic (exact) mass is 314 g/mol. The van der Waals surface area contributed by atoms with Crippen molar-refractivity contribution in [2.45, 2.75) is 5.16 Å². The first kappa shape index (κ1) is 14.5. The number of methoxy groups -OCH3 is 2. The van der Waals surface area contributed by atoms with Crippen LogP contribution in [0.4, 0.5) is 0 Å². The first-order valence-electron chi connectivity index (χ1n) is 6.59. The Bertz CT molecular complexity index is 774. The number of benzene rings is 2. The third kappa shape index (κ3) is 2.92. The van der Waals surface area contributed by atoms with E-state index in [4.69, 9.17) is 9.47 Å². The fourth-order valence-corrected chi connectivity index (χ4v) is 2.77. The zero-order valence-electron chi connectivity index (χ0n) is 12.1. The maximum atomic E-state index is 12.4. The van der Waals surface area contributed by atoms with Crippen LogP contribution in [-0.4, -0.2) is 29.3 Å². The van der Waals surface area contributed by atoms with E-state index in [2.05, 4.69) is 9.97 Å². The standard InChI is InChI=1S/C16H14N2O3S/c1-20-11-7-10(8-12(9-11)21-2)15(19)22-16-17-13-5-3-4-6-14(13)18-16/h3-9H,1-2H3,(H,17,18). The van der Waals surface area contributed by atoms with E-state index >= 15 is 0 Å². The van der Waals surface area contributed by atoms with Crippen LogP contribution in [-0.2, 0) is 0 Å². The molecule has 0 spiro atoms. The van der Waals surface area contributed by atoms with E-state index in [1.54, 1.807) is 32.4 Å². The Morgan fingerprint density at radius 1 is 1.09 bits per heavy atom. The number of aromatic nitrogens is 2. The molecular formula is C16H14N2O3S. The van der Waals surface area contributed by atoms with Gasteiger partial charge < -0.3 is 14.5 Å². The number of imidazole rings is 1. The second kappa shape index (κ2) is 6.11. The molecular weight excluding hydrogens is 300 g/mol. The van der Waals surface area contributed by atoms with Crippen LogP contribution < -0.4 is 9.47 Å². The van der Waals surface area contributed by atoms with E-state index < -0.39 is 0 Å². The highest BCUT2D eigenvalue weighted by Gasteiger charge is 2.14. The van der Waals surface area contributed by atoms with Gasteiger partial charge in [-0.1, -0.05) is 12.1 Å². The molecule has 3 rings (SSSR count). The van der Waals surface area contributed by atoms with Crippen LogP contribution in [0.3, 0.4) is 0 Å². The number of ether oxygens (including phenoxy) is 2. The van der Waals surface area contributed by atoms with Gasteiger partial charge in [-0.15, -0.1) is 0 Å². The SMILES string of the molecule is COc1cc(OC)cc(C(=O)Sc2nc3ccccc3[nH]2)c1. The number of nitrogens with zero attached hydrogens (tertiary/aromatic N) is 1. The van der Waals surface area contributed by atoms with Crippen LogP contribution in [0.15, 0.2) is 47.6 Å². The topological polar surface area (TPSA) is 64.2 Å². The van der Waals surface area contributed by atoms with Gasteiger partial charge in [-0.05, 0) is 36.0 Å². The highest BCUT2D eigenvalue weighted by Crippen LogP contribution is 2.28. The number of H-pyrrole nitrogens is 1. The molecule has 2 aromatic carbocycles. The number of carbonyl (C=O) groups is 1. The van der Waals surface area contributed by atoms with Crippen LogP contribution in [0.5, 0.6) is 11.5 Å². The van der Waals surface area contributed by atoms with Gasteiger partial charge in [0.05, 0.1) is 25.3 Å². The molecule has 0 bridgehead atoms. The van der Waals surface area contributed by atoms with Crippen molar-refractivity contribution in [3.63, 3.8) is 0 Å². The summed E-state index contributed by atoms with van der Waals surface area (Å²) >= 11 is 1.04. The Hall–Kier alpha value is -2.47. The van der Waals surface area contributed by atoms with Gasteiger partial charge in [-0.3, -0.25) is 4.79 Å². The minimum absolute atomic E-state index is 0.128. The molecule has 0 aliphatic rings. The van der Waals surface area contributed by atoms with E-state index in [0.29, 0.717) is 22.2 Å². The fourth-order valence-electron chi connectivity index (χ4n) is 2.05. The van der Waals surface area contributed by atoms with Crippen molar-refractivity contribution in [1.29, 1.82) is 0 Å². The molecule has 0 saturated carbocycles. The second-order valence-electron chi connectivity index (χ2n) is 4.55. The molecule has 1 heterocycles. The molecule has 22 heavy (non-hydrogen) atoms.